The molecule has 0 spiro atoms. The third-order valence-corrected chi connectivity index (χ3v) is 7.40. The van der Waals surface area contributed by atoms with Gasteiger partial charge in [0.1, 0.15) is 11.6 Å². The van der Waals surface area contributed by atoms with E-state index in [9.17, 15) is 40.0 Å². The number of sulfonamides is 1. The van der Waals surface area contributed by atoms with E-state index in [2.05, 4.69) is 15.4 Å². The van der Waals surface area contributed by atoms with Crippen LogP contribution in [0.2, 0.25) is 5.02 Å². The minimum Gasteiger partial charge on any atom is -0.341 e. The maximum absolute atomic E-state index is 14.0. The molecule has 0 fully saturated rings. The molecule has 14 heteroatoms. The standard InChI is InChI=1S/C24H17ClF5N3O4S/c1-31-38(36,37)10-11-4-17-20(21(33-23(17)35)16-9-14(26)2-3-18(16)25)19(5-11)32-22(34)12-6-13(24(28,29)30)8-15(27)7-12/h2-9,21,31H,10H2,1H3,(H,32,34)(H,33,35)/t21-/m0/s1. The normalized spacial score (nSPS) is 15.2. The molecule has 0 bridgehead atoms. The molecule has 200 valence electrons. The van der Waals surface area contributed by atoms with Crippen LogP contribution in [0, 0.1) is 11.6 Å². The van der Waals surface area contributed by atoms with Gasteiger partial charge in [-0.15, -0.1) is 0 Å². The number of nitrogens with one attached hydrogen (secondary N) is 3. The van der Waals surface area contributed by atoms with Crippen LogP contribution in [0.3, 0.4) is 0 Å². The molecule has 0 saturated heterocycles. The number of alkyl halides is 3. The van der Waals surface area contributed by atoms with Gasteiger partial charge < -0.3 is 10.6 Å². The van der Waals surface area contributed by atoms with Gasteiger partial charge in [0.05, 0.1) is 17.4 Å². The van der Waals surface area contributed by atoms with Crippen molar-refractivity contribution < 1.29 is 40.0 Å². The number of anilines is 1. The van der Waals surface area contributed by atoms with E-state index in [0.29, 0.717) is 12.1 Å². The topological polar surface area (TPSA) is 104 Å². The summed E-state index contributed by atoms with van der Waals surface area (Å²) < 4.78 is 93.8. The smallest absolute Gasteiger partial charge is 0.341 e. The number of carbonyl (C=O) groups is 2. The van der Waals surface area contributed by atoms with Crippen LogP contribution in [-0.2, 0) is 22.0 Å². The Bertz CT molecular complexity index is 1580. The number of amides is 2. The molecule has 0 saturated carbocycles. The molecule has 0 aromatic heterocycles. The average molecular weight is 574 g/mol. The zero-order valence-corrected chi connectivity index (χ0v) is 20.8. The lowest BCUT2D eigenvalue weighted by atomic mass is 9.94. The number of hydrogen-bond acceptors (Lipinski definition) is 4. The van der Waals surface area contributed by atoms with Crippen molar-refractivity contribution in [2.24, 2.45) is 0 Å². The first-order valence-electron chi connectivity index (χ1n) is 10.7. The van der Waals surface area contributed by atoms with Crippen molar-refractivity contribution in [3.05, 3.63) is 98.6 Å². The van der Waals surface area contributed by atoms with Crippen LogP contribution in [-0.4, -0.2) is 27.3 Å². The Morgan fingerprint density at radius 3 is 2.42 bits per heavy atom. The highest BCUT2D eigenvalue weighted by atomic mass is 35.5. The van der Waals surface area contributed by atoms with Crippen LogP contribution >= 0.6 is 11.6 Å². The van der Waals surface area contributed by atoms with Gasteiger partial charge in [-0.3, -0.25) is 9.59 Å². The van der Waals surface area contributed by atoms with Crippen molar-refractivity contribution >= 4 is 39.1 Å². The van der Waals surface area contributed by atoms with Gasteiger partial charge in [0, 0.05) is 33.0 Å². The first kappa shape index (κ1) is 27.5. The molecule has 3 aromatic rings. The fourth-order valence-corrected chi connectivity index (χ4v) is 5.00. The molecule has 3 aromatic carbocycles. The summed E-state index contributed by atoms with van der Waals surface area (Å²) in [6.07, 6.45) is -4.94. The molecular weight excluding hydrogens is 557 g/mol. The van der Waals surface area contributed by atoms with Crippen LogP contribution in [0.25, 0.3) is 0 Å². The van der Waals surface area contributed by atoms with Gasteiger partial charge in [-0.25, -0.2) is 21.9 Å². The SMILES string of the molecule is CNS(=O)(=O)Cc1cc(NC(=O)c2cc(F)cc(C(F)(F)F)c2)c2c(c1)C(=O)N[C@H]2c1cc(F)ccc1Cl. The number of hydrogen-bond donors (Lipinski definition) is 3. The number of fused-ring (bicyclic) bond motifs is 1. The summed E-state index contributed by atoms with van der Waals surface area (Å²) in [4.78, 5) is 25.8. The minimum absolute atomic E-state index is 0.0461. The summed E-state index contributed by atoms with van der Waals surface area (Å²) in [5.74, 6) is -4.49. The van der Waals surface area contributed by atoms with Gasteiger partial charge in [-0.05, 0) is 61.1 Å². The third kappa shape index (κ3) is 5.64. The second-order valence-electron chi connectivity index (χ2n) is 8.32. The van der Waals surface area contributed by atoms with Gasteiger partial charge in [-0.2, -0.15) is 13.2 Å². The lowest BCUT2D eigenvalue weighted by Gasteiger charge is -2.19. The summed E-state index contributed by atoms with van der Waals surface area (Å²) in [6.45, 7) is 0. The third-order valence-electron chi connectivity index (χ3n) is 5.72. The number of halogens is 6. The monoisotopic (exact) mass is 573 g/mol. The number of benzene rings is 3. The van der Waals surface area contributed by atoms with Gasteiger partial charge in [-0.1, -0.05) is 11.6 Å². The van der Waals surface area contributed by atoms with Gasteiger partial charge in [0.2, 0.25) is 10.0 Å². The zero-order chi connectivity index (χ0) is 28.0. The van der Waals surface area contributed by atoms with Crippen LogP contribution in [0.5, 0.6) is 0 Å². The summed E-state index contributed by atoms with van der Waals surface area (Å²) in [6, 6.07) is 5.99. The lowest BCUT2D eigenvalue weighted by molar-refractivity contribution is -0.137. The van der Waals surface area contributed by atoms with Crippen molar-refractivity contribution in [2.75, 3.05) is 12.4 Å². The van der Waals surface area contributed by atoms with Crippen molar-refractivity contribution in [3.8, 4) is 0 Å². The van der Waals surface area contributed by atoms with Crippen LogP contribution in [0.15, 0.2) is 48.5 Å². The second-order valence-corrected chi connectivity index (χ2v) is 10.7. The summed E-state index contributed by atoms with van der Waals surface area (Å²) in [5, 5.41) is 4.99. The molecular formula is C24H17ClF5N3O4S. The first-order valence-corrected chi connectivity index (χ1v) is 12.7. The Balaban J connectivity index is 1.86. The molecule has 1 aliphatic heterocycles. The molecule has 0 unspecified atom stereocenters. The first-order chi connectivity index (χ1) is 17.7. The Hall–Kier alpha value is -3.55. The molecule has 3 N–H and O–H groups in total. The van der Waals surface area contributed by atoms with Crippen LogP contribution in [0.1, 0.15) is 49.0 Å². The van der Waals surface area contributed by atoms with E-state index in [4.69, 9.17) is 11.6 Å². The van der Waals surface area contributed by atoms with Crippen LogP contribution in [0.4, 0.5) is 27.6 Å². The number of rotatable bonds is 6. The molecule has 0 aliphatic carbocycles. The van der Waals surface area contributed by atoms with E-state index in [0.717, 1.165) is 12.1 Å². The van der Waals surface area contributed by atoms with E-state index in [1.165, 1.54) is 25.2 Å². The van der Waals surface area contributed by atoms with Gasteiger partial charge in [0.25, 0.3) is 11.8 Å². The highest BCUT2D eigenvalue weighted by Gasteiger charge is 2.36. The maximum Gasteiger partial charge on any atom is 0.416 e. The summed E-state index contributed by atoms with van der Waals surface area (Å²) >= 11 is 6.22. The van der Waals surface area contributed by atoms with E-state index < -0.39 is 62.6 Å². The highest BCUT2D eigenvalue weighted by Crippen LogP contribution is 2.40. The second kappa shape index (κ2) is 9.97. The lowest BCUT2D eigenvalue weighted by Crippen LogP contribution is -2.21. The van der Waals surface area contributed by atoms with Crippen molar-refractivity contribution in [1.29, 1.82) is 0 Å². The molecule has 38 heavy (non-hydrogen) atoms. The molecule has 0 radical (unpaired) electrons. The molecule has 7 nitrogen and oxygen atoms in total. The van der Waals surface area contributed by atoms with Crippen molar-refractivity contribution in [2.45, 2.75) is 18.0 Å². The van der Waals surface area contributed by atoms with E-state index in [1.807, 2.05) is 0 Å². The quantitative estimate of drug-likeness (QED) is 0.370. The maximum atomic E-state index is 14.0. The van der Waals surface area contributed by atoms with Gasteiger partial charge >= 0.3 is 6.18 Å². The average Bonchev–Trinajstić information content (AvgIpc) is 3.15. The minimum atomic E-state index is -4.94. The zero-order valence-electron chi connectivity index (χ0n) is 19.2. The predicted octanol–water partition coefficient (Wildman–Crippen LogP) is 4.77. The summed E-state index contributed by atoms with van der Waals surface area (Å²) in [7, 11) is -2.68. The van der Waals surface area contributed by atoms with Crippen molar-refractivity contribution in [1.82, 2.24) is 10.0 Å². The Kier molecular flexibility index (Phi) is 7.21. The molecule has 4 rings (SSSR count). The summed E-state index contributed by atoms with van der Waals surface area (Å²) in [5.41, 5.74) is -2.12. The molecule has 2 amide bonds. The fraction of sp³-hybridized carbons (Fsp3) is 0.167. The van der Waals surface area contributed by atoms with E-state index >= 15 is 0 Å². The largest absolute Gasteiger partial charge is 0.416 e. The fourth-order valence-electron chi connectivity index (χ4n) is 4.02. The Morgan fingerprint density at radius 2 is 1.76 bits per heavy atom. The van der Waals surface area contributed by atoms with Crippen LogP contribution < -0.4 is 15.4 Å². The molecule has 1 heterocycles. The number of carbonyl (C=O) groups excluding carboxylic acids is 2. The van der Waals surface area contributed by atoms with Gasteiger partial charge in [0.15, 0.2) is 0 Å². The Morgan fingerprint density at radius 1 is 1.05 bits per heavy atom. The molecule has 1 aliphatic rings. The molecule has 1 atom stereocenters. The van der Waals surface area contributed by atoms with E-state index in [1.54, 1.807) is 0 Å². The predicted molar refractivity (Wildman–Crippen MR) is 128 cm³/mol. The Labute approximate surface area is 218 Å². The van der Waals surface area contributed by atoms with Crippen molar-refractivity contribution in [3.63, 3.8) is 0 Å². The van der Waals surface area contributed by atoms with E-state index in [-0.39, 0.29) is 39.0 Å². The highest BCUT2D eigenvalue weighted by molar-refractivity contribution is 7.88.